The second-order valence-electron chi connectivity index (χ2n) is 7.04. The number of benzene rings is 2. The zero-order chi connectivity index (χ0) is 22.1. The molecular formula is C25H29N3O3. The third-order valence-electron chi connectivity index (χ3n) is 5.17. The van der Waals surface area contributed by atoms with Crippen molar-refractivity contribution in [3.8, 4) is 17.2 Å². The Balaban J connectivity index is 1.72. The molecule has 6 heteroatoms. The van der Waals surface area contributed by atoms with Gasteiger partial charge >= 0.3 is 0 Å². The van der Waals surface area contributed by atoms with E-state index >= 15 is 0 Å². The molecule has 0 aliphatic rings. The van der Waals surface area contributed by atoms with Crippen LogP contribution in [0.25, 0.3) is 0 Å². The zero-order valence-electron chi connectivity index (χ0n) is 18.2. The summed E-state index contributed by atoms with van der Waals surface area (Å²) in [6.07, 6.45) is 3.33. The molecule has 1 atom stereocenters. The summed E-state index contributed by atoms with van der Waals surface area (Å²) < 4.78 is 11.2. The predicted molar refractivity (Wildman–Crippen MR) is 122 cm³/mol. The number of rotatable bonds is 10. The Hall–Kier alpha value is -3.38. The number of likely N-dealkylation sites (N-methyl/N-ethyl adjacent to an activating group) is 1. The van der Waals surface area contributed by atoms with Gasteiger partial charge in [0.1, 0.15) is 17.2 Å². The van der Waals surface area contributed by atoms with Crippen molar-refractivity contribution in [1.29, 1.82) is 0 Å². The van der Waals surface area contributed by atoms with Gasteiger partial charge in [-0.05, 0) is 61.1 Å². The maximum Gasteiger partial charge on any atom is 0.251 e. The molecule has 3 aromatic rings. The first-order chi connectivity index (χ1) is 15.1. The number of pyridine rings is 1. The summed E-state index contributed by atoms with van der Waals surface area (Å²) in [5.74, 6) is 1.95. The van der Waals surface area contributed by atoms with Crippen LogP contribution in [0.15, 0.2) is 73.1 Å². The van der Waals surface area contributed by atoms with Gasteiger partial charge in [0.15, 0.2) is 0 Å². The normalized spacial score (nSPS) is 11.7. The summed E-state index contributed by atoms with van der Waals surface area (Å²) >= 11 is 0. The van der Waals surface area contributed by atoms with Gasteiger partial charge < -0.3 is 14.8 Å². The number of aromatic nitrogens is 1. The monoisotopic (exact) mass is 419 g/mol. The highest BCUT2D eigenvalue weighted by molar-refractivity contribution is 5.94. The molecule has 0 bridgehead atoms. The van der Waals surface area contributed by atoms with E-state index in [4.69, 9.17) is 9.47 Å². The Bertz CT molecular complexity index is 975. The molecule has 0 saturated carbocycles. The summed E-state index contributed by atoms with van der Waals surface area (Å²) in [7, 11) is 1.66. The van der Waals surface area contributed by atoms with Gasteiger partial charge in [-0.2, -0.15) is 0 Å². The van der Waals surface area contributed by atoms with Gasteiger partial charge in [-0.1, -0.05) is 32.0 Å². The van der Waals surface area contributed by atoms with E-state index in [1.54, 1.807) is 43.8 Å². The highest BCUT2D eigenvalue weighted by Crippen LogP contribution is 2.25. The number of carbonyl (C=O) groups is 1. The van der Waals surface area contributed by atoms with Crippen molar-refractivity contribution in [2.75, 3.05) is 26.7 Å². The fraction of sp³-hybridized carbons (Fsp3) is 0.280. The molecule has 0 aliphatic carbocycles. The van der Waals surface area contributed by atoms with Crippen molar-refractivity contribution in [2.45, 2.75) is 19.9 Å². The van der Waals surface area contributed by atoms with Crippen LogP contribution in [0.4, 0.5) is 0 Å². The highest BCUT2D eigenvalue weighted by Gasteiger charge is 2.20. The number of nitrogens with zero attached hydrogens (tertiary/aromatic N) is 2. The molecule has 6 nitrogen and oxygen atoms in total. The molecule has 1 heterocycles. The molecule has 3 rings (SSSR count). The minimum absolute atomic E-state index is 0.0466. The van der Waals surface area contributed by atoms with Gasteiger partial charge in [-0.3, -0.25) is 14.7 Å². The van der Waals surface area contributed by atoms with Crippen LogP contribution < -0.4 is 14.8 Å². The van der Waals surface area contributed by atoms with Crippen molar-refractivity contribution < 1.29 is 14.3 Å². The SMILES string of the molecule is CCN(CC)[C@H](CNC(=O)c1cccc(Oc2ccncc2)c1)c1cccc(OC)c1. The van der Waals surface area contributed by atoms with E-state index in [2.05, 4.69) is 35.1 Å². The van der Waals surface area contributed by atoms with Gasteiger partial charge in [0.2, 0.25) is 0 Å². The minimum atomic E-state index is -0.139. The molecule has 0 unspecified atom stereocenters. The minimum Gasteiger partial charge on any atom is -0.497 e. The smallest absolute Gasteiger partial charge is 0.251 e. The van der Waals surface area contributed by atoms with E-state index < -0.39 is 0 Å². The van der Waals surface area contributed by atoms with Crippen LogP contribution in [-0.2, 0) is 0 Å². The number of ether oxygens (including phenoxy) is 2. The number of hydrogen-bond donors (Lipinski definition) is 1. The third-order valence-corrected chi connectivity index (χ3v) is 5.17. The molecular weight excluding hydrogens is 390 g/mol. The summed E-state index contributed by atoms with van der Waals surface area (Å²) in [4.78, 5) is 19.2. The first-order valence-corrected chi connectivity index (χ1v) is 10.5. The molecule has 31 heavy (non-hydrogen) atoms. The first-order valence-electron chi connectivity index (χ1n) is 10.5. The van der Waals surface area contributed by atoms with Crippen LogP contribution in [-0.4, -0.2) is 42.5 Å². The molecule has 0 fully saturated rings. The maximum absolute atomic E-state index is 12.9. The van der Waals surface area contributed by atoms with Crippen LogP contribution in [0.2, 0.25) is 0 Å². The zero-order valence-corrected chi connectivity index (χ0v) is 18.2. The lowest BCUT2D eigenvalue weighted by molar-refractivity contribution is 0.0934. The van der Waals surface area contributed by atoms with Crippen LogP contribution in [0.5, 0.6) is 17.2 Å². The average molecular weight is 420 g/mol. The third kappa shape index (κ3) is 6.06. The summed E-state index contributed by atoms with van der Waals surface area (Å²) in [6, 6.07) is 18.8. The summed E-state index contributed by atoms with van der Waals surface area (Å²) in [5, 5.41) is 3.09. The predicted octanol–water partition coefficient (Wildman–Crippen LogP) is 4.70. The van der Waals surface area contributed by atoms with E-state index in [0.29, 0.717) is 23.6 Å². The van der Waals surface area contributed by atoms with Crippen molar-refractivity contribution in [3.63, 3.8) is 0 Å². The largest absolute Gasteiger partial charge is 0.497 e. The van der Waals surface area contributed by atoms with Gasteiger partial charge in [-0.15, -0.1) is 0 Å². The van der Waals surface area contributed by atoms with Gasteiger partial charge in [0.05, 0.1) is 13.2 Å². The van der Waals surface area contributed by atoms with E-state index in [0.717, 1.165) is 24.4 Å². The van der Waals surface area contributed by atoms with Crippen molar-refractivity contribution in [1.82, 2.24) is 15.2 Å². The number of nitrogens with one attached hydrogen (secondary N) is 1. The summed E-state index contributed by atoms with van der Waals surface area (Å²) in [5.41, 5.74) is 1.66. The fourth-order valence-corrected chi connectivity index (χ4v) is 3.51. The molecule has 1 aromatic heterocycles. The standard InChI is InChI=1S/C25H29N3O3/c1-4-28(5-2)24(19-8-6-10-22(16-19)30-3)18-27-25(29)20-9-7-11-23(17-20)31-21-12-14-26-15-13-21/h6-17,24H,4-5,18H2,1-3H3,(H,27,29)/t24-/m1/s1. The maximum atomic E-state index is 12.9. The summed E-state index contributed by atoms with van der Waals surface area (Å²) in [6.45, 7) is 6.49. The Morgan fingerprint density at radius 3 is 2.39 bits per heavy atom. The van der Waals surface area contributed by atoms with Gasteiger partial charge in [0.25, 0.3) is 5.91 Å². The lowest BCUT2D eigenvalue weighted by Crippen LogP contribution is -2.38. The fourth-order valence-electron chi connectivity index (χ4n) is 3.51. The topological polar surface area (TPSA) is 63.7 Å². The number of methoxy groups -OCH3 is 1. The van der Waals surface area contributed by atoms with E-state index in [-0.39, 0.29) is 11.9 Å². The lowest BCUT2D eigenvalue weighted by Gasteiger charge is -2.30. The highest BCUT2D eigenvalue weighted by atomic mass is 16.5. The van der Waals surface area contributed by atoms with Crippen molar-refractivity contribution >= 4 is 5.91 Å². The molecule has 2 aromatic carbocycles. The number of carbonyl (C=O) groups excluding carboxylic acids is 1. The van der Waals surface area contributed by atoms with E-state index in [1.165, 1.54) is 0 Å². The number of hydrogen-bond acceptors (Lipinski definition) is 5. The lowest BCUT2D eigenvalue weighted by atomic mass is 10.0. The Morgan fingerprint density at radius 1 is 0.968 bits per heavy atom. The second kappa shape index (κ2) is 11.1. The van der Waals surface area contributed by atoms with Crippen LogP contribution in [0.3, 0.4) is 0 Å². The van der Waals surface area contributed by atoms with Gasteiger partial charge in [0, 0.05) is 24.5 Å². The Kier molecular flexibility index (Phi) is 8.01. The van der Waals surface area contributed by atoms with Crippen molar-refractivity contribution in [2.24, 2.45) is 0 Å². The first kappa shape index (κ1) is 22.3. The molecule has 162 valence electrons. The van der Waals surface area contributed by atoms with Crippen LogP contribution in [0.1, 0.15) is 35.8 Å². The Morgan fingerprint density at radius 2 is 1.68 bits per heavy atom. The quantitative estimate of drug-likeness (QED) is 0.516. The van der Waals surface area contributed by atoms with E-state index in [1.807, 2.05) is 30.3 Å². The average Bonchev–Trinajstić information content (AvgIpc) is 2.82. The van der Waals surface area contributed by atoms with E-state index in [9.17, 15) is 4.79 Å². The second-order valence-corrected chi connectivity index (χ2v) is 7.04. The molecule has 1 N–H and O–H groups in total. The van der Waals surface area contributed by atoms with Crippen LogP contribution >= 0.6 is 0 Å². The molecule has 0 aliphatic heterocycles. The molecule has 1 amide bonds. The number of amides is 1. The molecule has 0 radical (unpaired) electrons. The Labute approximate surface area is 183 Å². The van der Waals surface area contributed by atoms with Gasteiger partial charge in [-0.25, -0.2) is 0 Å². The molecule has 0 saturated heterocycles. The van der Waals surface area contributed by atoms with Crippen molar-refractivity contribution in [3.05, 3.63) is 84.2 Å². The van der Waals surface area contributed by atoms with Crippen LogP contribution in [0, 0.1) is 0 Å². The molecule has 0 spiro atoms.